The maximum atomic E-state index is 13.4. The van der Waals surface area contributed by atoms with Gasteiger partial charge >= 0.3 is 0 Å². The molecule has 0 spiro atoms. The van der Waals surface area contributed by atoms with Gasteiger partial charge < -0.3 is 5.32 Å². The molecule has 1 heterocycles. The predicted molar refractivity (Wildman–Crippen MR) is 66.7 cm³/mol. The fourth-order valence-electron chi connectivity index (χ4n) is 1.37. The number of nitrogens with zero attached hydrogens (tertiary/aromatic N) is 2. The smallest absolute Gasteiger partial charge is 0.236 e. The normalized spacial score (nSPS) is 17.7. The third kappa shape index (κ3) is 2.92. The zero-order valence-corrected chi connectivity index (χ0v) is 10.2. The highest BCUT2D eigenvalue weighted by Gasteiger charge is 2.16. The van der Waals surface area contributed by atoms with Gasteiger partial charge in [-0.3, -0.25) is 4.79 Å². The number of amides is 1. The maximum absolute atomic E-state index is 13.4. The molecule has 0 radical (unpaired) electrons. The molecule has 1 amide bonds. The van der Waals surface area contributed by atoms with Gasteiger partial charge in [-0.2, -0.15) is 5.10 Å². The Balaban J connectivity index is 2.17. The lowest BCUT2D eigenvalue weighted by molar-refractivity contribution is -0.116. The van der Waals surface area contributed by atoms with Crippen LogP contribution in [0.3, 0.4) is 0 Å². The van der Waals surface area contributed by atoms with Crippen LogP contribution < -0.4 is 5.32 Å². The summed E-state index contributed by atoms with van der Waals surface area (Å²) in [4.78, 5) is 10.9. The summed E-state index contributed by atoms with van der Waals surface area (Å²) < 4.78 is 26.4. The Hall–Kier alpha value is -1.76. The molecule has 0 unspecified atom stereocenters. The molecule has 1 aromatic rings. The fraction of sp³-hybridized carbons (Fsp3) is 0.182. The van der Waals surface area contributed by atoms with E-state index in [1.165, 1.54) is 17.8 Å². The lowest BCUT2D eigenvalue weighted by atomic mass is 10.1. The van der Waals surface area contributed by atoms with E-state index in [-0.39, 0.29) is 11.5 Å². The van der Waals surface area contributed by atoms with Crippen molar-refractivity contribution in [2.75, 3.05) is 5.75 Å². The van der Waals surface area contributed by atoms with Crippen LogP contribution in [0.5, 0.6) is 0 Å². The van der Waals surface area contributed by atoms with E-state index in [2.05, 4.69) is 15.5 Å². The van der Waals surface area contributed by atoms with Crippen molar-refractivity contribution in [1.82, 2.24) is 5.32 Å². The van der Waals surface area contributed by atoms with Gasteiger partial charge in [-0.1, -0.05) is 11.8 Å². The molecule has 4 nitrogen and oxygen atoms in total. The zero-order valence-electron chi connectivity index (χ0n) is 9.41. The maximum Gasteiger partial charge on any atom is 0.236 e. The molecule has 1 aliphatic heterocycles. The Morgan fingerprint density at radius 2 is 2.22 bits per heavy atom. The van der Waals surface area contributed by atoms with Crippen molar-refractivity contribution in [2.45, 2.75) is 6.92 Å². The fourth-order valence-corrected chi connectivity index (χ4v) is 2.00. The summed E-state index contributed by atoms with van der Waals surface area (Å²) in [7, 11) is 0. The molecule has 18 heavy (non-hydrogen) atoms. The van der Waals surface area contributed by atoms with Crippen molar-refractivity contribution in [3.05, 3.63) is 34.9 Å². The van der Waals surface area contributed by atoms with Gasteiger partial charge in [0, 0.05) is 5.56 Å². The number of nitrogens with one attached hydrogen (secondary N) is 1. The molecule has 0 aliphatic carbocycles. The van der Waals surface area contributed by atoms with E-state index in [0.29, 0.717) is 16.5 Å². The van der Waals surface area contributed by atoms with Crippen LogP contribution in [0.1, 0.15) is 11.1 Å². The van der Waals surface area contributed by atoms with E-state index in [4.69, 9.17) is 0 Å². The second-order valence-corrected chi connectivity index (χ2v) is 4.60. The average molecular weight is 269 g/mol. The second-order valence-electron chi connectivity index (χ2n) is 3.64. The molecular weight excluding hydrogens is 260 g/mol. The molecule has 1 N–H and O–H groups in total. The van der Waals surface area contributed by atoms with Gasteiger partial charge in [-0.15, -0.1) is 5.10 Å². The minimum atomic E-state index is -0.965. The third-order valence-electron chi connectivity index (χ3n) is 2.13. The molecular formula is C11H9F2N3OS. The third-order valence-corrected chi connectivity index (χ3v) is 3.00. The number of halogens is 2. The number of carbonyl (C=O) groups excluding carboxylic acids is 1. The number of amidine groups is 1. The van der Waals surface area contributed by atoms with Crippen LogP contribution in [-0.4, -0.2) is 23.0 Å². The van der Waals surface area contributed by atoms with E-state index < -0.39 is 11.6 Å². The lowest BCUT2D eigenvalue weighted by Gasteiger charge is -1.99. The van der Waals surface area contributed by atoms with Crippen LogP contribution in [0.2, 0.25) is 0 Å². The van der Waals surface area contributed by atoms with E-state index in [9.17, 15) is 13.6 Å². The minimum absolute atomic E-state index is 0.0196. The number of rotatable bonds is 2. The predicted octanol–water partition coefficient (Wildman–Crippen LogP) is 1.83. The van der Waals surface area contributed by atoms with Crippen molar-refractivity contribution in [2.24, 2.45) is 10.2 Å². The molecule has 1 aromatic carbocycles. The summed E-state index contributed by atoms with van der Waals surface area (Å²) in [5.74, 6) is -1.75. The van der Waals surface area contributed by atoms with Crippen molar-refractivity contribution in [3.63, 3.8) is 0 Å². The molecule has 94 valence electrons. The number of hydrogen-bond donors (Lipinski definition) is 1. The second kappa shape index (κ2) is 5.26. The summed E-state index contributed by atoms with van der Waals surface area (Å²) in [6, 6.07) is 2.56. The Bertz CT molecular complexity index is 557. The lowest BCUT2D eigenvalue weighted by Crippen LogP contribution is -2.19. The molecule has 1 saturated heterocycles. The number of thioether (sulfide) groups is 1. The quantitative estimate of drug-likeness (QED) is 0.657. The zero-order chi connectivity index (χ0) is 13.1. The first-order valence-electron chi connectivity index (χ1n) is 5.05. The number of aryl methyl sites for hydroxylation is 1. The molecule has 0 atom stereocenters. The molecule has 0 bridgehead atoms. The Morgan fingerprint density at radius 3 is 2.89 bits per heavy atom. The van der Waals surface area contributed by atoms with E-state index >= 15 is 0 Å². The summed E-state index contributed by atoms with van der Waals surface area (Å²) in [5, 5.41) is 10.1. The number of benzene rings is 1. The number of hydrogen-bond acceptors (Lipinski definition) is 4. The van der Waals surface area contributed by atoms with E-state index in [1.807, 2.05) is 0 Å². The molecule has 2 rings (SSSR count). The van der Waals surface area contributed by atoms with Crippen LogP contribution in [0.4, 0.5) is 8.78 Å². The SMILES string of the molecule is Cc1cc(F)c(F)c(C=NN=C2NC(=O)CS2)c1. The highest BCUT2D eigenvalue weighted by Crippen LogP contribution is 2.13. The molecule has 1 fully saturated rings. The largest absolute Gasteiger partial charge is 0.303 e. The van der Waals surface area contributed by atoms with Gasteiger partial charge in [-0.25, -0.2) is 8.78 Å². The summed E-state index contributed by atoms with van der Waals surface area (Å²) >= 11 is 1.20. The Kier molecular flexibility index (Phi) is 3.71. The molecule has 1 aliphatic rings. The monoisotopic (exact) mass is 269 g/mol. The van der Waals surface area contributed by atoms with Gasteiger partial charge in [0.1, 0.15) is 0 Å². The molecule has 7 heteroatoms. The highest BCUT2D eigenvalue weighted by molar-refractivity contribution is 8.15. The number of carbonyl (C=O) groups is 1. The van der Waals surface area contributed by atoms with E-state index in [1.54, 1.807) is 6.92 Å². The van der Waals surface area contributed by atoms with Crippen molar-refractivity contribution < 1.29 is 13.6 Å². The summed E-state index contributed by atoms with van der Waals surface area (Å²) in [6.07, 6.45) is 1.11. The van der Waals surface area contributed by atoms with Crippen LogP contribution in [0.15, 0.2) is 22.3 Å². The van der Waals surface area contributed by atoms with Crippen molar-refractivity contribution in [1.29, 1.82) is 0 Å². The summed E-state index contributed by atoms with van der Waals surface area (Å²) in [6.45, 7) is 1.65. The highest BCUT2D eigenvalue weighted by atomic mass is 32.2. The van der Waals surface area contributed by atoms with Crippen molar-refractivity contribution >= 4 is 29.1 Å². The van der Waals surface area contributed by atoms with Gasteiger partial charge in [-0.05, 0) is 24.6 Å². The van der Waals surface area contributed by atoms with Crippen LogP contribution >= 0.6 is 11.8 Å². The first kappa shape index (κ1) is 12.7. The summed E-state index contributed by atoms with van der Waals surface area (Å²) in [5.41, 5.74) is 0.609. The van der Waals surface area contributed by atoms with Crippen LogP contribution in [0.25, 0.3) is 0 Å². The Morgan fingerprint density at radius 1 is 1.44 bits per heavy atom. The van der Waals surface area contributed by atoms with Crippen LogP contribution in [0, 0.1) is 18.6 Å². The standard InChI is InChI=1S/C11H9F2N3OS/c1-6-2-7(10(13)8(12)3-6)4-14-16-11-15-9(17)5-18-11/h2-4H,5H2,1H3,(H,15,16,17). The first-order valence-corrected chi connectivity index (χ1v) is 6.04. The Labute approximate surface area is 106 Å². The van der Waals surface area contributed by atoms with Gasteiger partial charge in [0.2, 0.25) is 5.91 Å². The molecule has 0 aromatic heterocycles. The van der Waals surface area contributed by atoms with Crippen molar-refractivity contribution in [3.8, 4) is 0 Å². The van der Waals surface area contributed by atoms with Gasteiger partial charge in [0.05, 0.1) is 12.0 Å². The van der Waals surface area contributed by atoms with Gasteiger partial charge in [0.15, 0.2) is 16.8 Å². The van der Waals surface area contributed by atoms with Gasteiger partial charge in [0.25, 0.3) is 0 Å². The van der Waals surface area contributed by atoms with Crippen LogP contribution in [-0.2, 0) is 4.79 Å². The topological polar surface area (TPSA) is 53.8 Å². The minimum Gasteiger partial charge on any atom is -0.303 e. The average Bonchev–Trinajstić information content (AvgIpc) is 2.71. The molecule has 0 saturated carbocycles. The first-order chi connectivity index (χ1) is 8.56. The van der Waals surface area contributed by atoms with E-state index in [0.717, 1.165) is 12.3 Å².